The van der Waals surface area contributed by atoms with Gasteiger partial charge in [0.15, 0.2) is 0 Å². The molecular weight excluding hydrogens is 228 g/mol. The van der Waals surface area contributed by atoms with Crippen LogP contribution in [0.25, 0.3) is 0 Å². The predicted molar refractivity (Wildman–Crippen MR) is 72.3 cm³/mol. The molecule has 0 aliphatic heterocycles. The van der Waals surface area contributed by atoms with Crippen molar-refractivity contribution in [3.8, 4) is 0 Å². The molecule has 0 aliphatic carbocycles. The van der Waals surface area contributed by atoms with E-state index in [1.807, 2.05) is 32.4 Å². The maximum atomic E-state index is 11.3. The van der Waals surface area contributed by atoms with Crippen LogP contribution in [0.1, 0.15) is 37.2 Å². The Hall–Kier alpha value is -1.36. The maximum absolute atomic E-state index is 11.3. The number of amides is 1. The van der Waals surface area contributed by atoms with Crippen LogP contribution in [-0.4, -0.2) is 27.8 Å². The van der Waals surface area contributed by atoms with Crippen LogP contribution >= 0.6 is 0 Å². The van der Waals surface area contributed by atoms with Gasteiger partial charge in [0, 0.05) is 18.3 Å². The molecule has 1 amide bonds. The van der Waals surface area contributed by atoms with Crippen molar-refractivity contribution >= 4 is 5.91 Å². The van der Waals surface area contributed by atoms with E-state index in [0.29, 0.717) is 13.0 Å². The fourth-order valence-electron chi connectivity index (χ4n) is 1.97. The standard InChI is InChI=1S/C13H24N4O/c1-8(2)15-12(13(14)18)6-7-17-11(5)9(3)10(4)16-17/h8,12,15H,6-7H2,1-5H3,(H2,14,18). The van der Waals surface area contributed by atoms with Crippen LogP contribution in [-0.2, 0) is 11.3 Å². The van der Waals surface area contributed by atoms with Gasteiger partial charge in [-0.15, -0.1) is 0 Å². The fourth-order valence-corrected chi connectivity index (χ4v) is 1.97. The molecule has 0 saturated carbocycles. The van der Waals surface area contributed by atoms with Crippen LogP contribution in [0.15, 0.2) is 0 Å². The highest BCUT2D eigenvalue weighted by Gasteiger charge is 2.17. The summed E-state index contributed by atoms with van der Waals surface area (Å²) in [7, 11) is 0. The first-order valence-corrected chi connectivity index (χ1v) is 6.39. The van der Waals surface area contributed by atoms with Crippen molar-refractivity contribution in [3.63, 3.8) is 0 Å². The van der Waals surface area contributed by atoms with E-state index in [0.717, 1.165) is 11.4 Å². The van der Waals surface area contributed by atoms with Crippen molar-refractivity contribution in [2.75, 3.05) is 0 Å². The summed E-state index contributed by atoms with van der Waals surface area (Å²) in [5.41, 5.74) is 8.80. The Morgan fingerprint density at radius 1 is 1.39 bits per heavy atom. The van der Waals surface area contributed by atoms with Gasteiger partial charge in [-0.2, -0.15) is 5.10 Å². The molecule has 0 saturated heterocycles. The molecule has 0 spiro atoms. The second-order valence-electron chi connectivity index (χ2n) is 5.08. The van der Waals surface area contributed by atoms with E-state index >= 15 is 0 Å². The van der Waals surface area contributed by atoms with E-state index in [1.54, 1.807) is 0 Å². The van der Waals surface area contributed by atoms with Gasteiger partial charge in [0.05, 0.1) is 11.7 Å². The normalized spacial score (nSPS) is 13.0. The first-order valence-electron chi connectivity index (χ1n) is 6.39. The van der Waals surface area contributed by atoms with Crippen LogP contribution in [0.4, 0.5) is 0 Å². The highest BCUT2D eigenvalue weighted by atomic mass is 16.1. The number of hydrogen-bond acceptors (Lipinski definition) is 3. The molecular formula is C13H24N4O. The van der Waals surface area contributed by atoms with Crippen LogP contribution in [0.2, 0.25) is 0 Å². The molecule has 0 radical (unpaired) electrons. The quantitative estimate of drug-likeness (QED) is 0.795. The second kappa shape index (κ2) is 6.00. The number of carbonyl (C=O) groups excluding carboxylic acids is 1. The summed E-state index contributed by atoms with van der Waals surface area (Å²) in [4.78, 5) is 11.3. The topological polar surface area (TPSA) is 72.9 Å². The Morgan fingerprint density at radius 3 is 2.39 bits per heavy atom. The number of nitrogens with zero attached hydrogens (tertiary/aromatic N) is 2. The van der Waals surface area contributed by atoms with Gasteiger partial charge in [0.2, 0.25) is 5.91 Å². The molecule has 1 unspecified atom stereocenters. The first-order chi connectivity index (χ1) is 8.32. The minimum Gasteiger partial charge on any atom is -0.368 e. The Kier molecular flexibility index (Phi) is 4.90. The number of primary amides is 1. The fraction of sp³-hybridized carbons (Fsp3) is 0.692. The molecule has 0 fully saturated rings. The zero-order valence-corrected chi connectivity index (χ0v) is 11.9. The zero-order chi connectivity index (χ0) is 13.9. The molecule has 1 atom stereocenters. The molecule has 3 N–H and O–H groups in total. The first kappa shape index (κ1) is 14.7. The minimum absolute atomic E-state index is 0.240. The maximum Gasteiger partial charge on any atom is 0.234 e. The molecule has 5 heteroatoms. The predicted octanol–water partition coefficient (Wildman–Crippen LogP) is 1.05. The van der Waals surface area contributed by atoms with Crippen LogP contribution in [0.5, 0.6) is 0 Å². The van der Waals surface area contributed by atoms with E-state index in [4.69, 9.17) is 5.73 Å². The van der Waals surface area contributed by atoms with E-state index in [9.17, 15) is 4.79 Å². The van der Waals surface area contributed by atoms with Crippen molar-refractivity contribution in [1.29, 1.82) is 0 Å². The molecule has 18 heavy (non-hydrogen) atoms. The van der Waals surface area contributed by atoms with Crippen LogP contribution in [0, 0.1) is 20.8 Å². The summed E-state index contributed by atoms with van der Waals surface area (Å²) < 4.78 is 1.95. The van der Waals surface area contributed by atoms with Gasteiger partial charge in [-0.05, 0) is 32.8 Å². The third-order valence-corrected chi connectivity index (χ3v) is 3.25. The van der Waals surface area contributed by atoms with Crippen LogP contribution < -0.4 is 11.1 Å². The number of carbonyl (C=O) groups is 1. The third kappa shape index (κ3) is 3.57. The van der Waals surface area contributed by atoms with E-state index in [1.165, 1.54) is 5.56 Å². The summed E-state index contributed by atoms with van der Waals surface area (Å²) in [5, 5.41) is 7.63. The molecule has 1 rings (SSSR count). The number of nitrogens with one attached hydrogen (secondary N) is 1. The Balaban J connectivity index is 2.67. The molecule has 1 aromatic rings. The van der Waals surface area contributed by atoms with Gasteiger partial charge in [0.25, 0.3) is 0 Å². The highest BCUT2D eigenvalue weighted by Crippen LogP contribution is 2.11. The van der Waals surface area contributed by atoms with Gasteiger partial charge in [0.1, 0.15) is 0 Å². The van der Waals surface area contributed by atoms with E-state index < -0.39 is 0 Å². The lowest BCUT2D eigenvalue weighted by molar-refractivity contribution is -0.120. The van der Waals surface area contributed by atoms with Gasteiger partial charge in [-0.25, -0.2) is 0 Å². The Labute approximate surface area is 109 Å². The summed E-state index contributed by atoms with van der Waals surface area (Å²) in [6, 6.07) is -0.0566. The molecule has 0 aromatic carbocycles. The largest absolute Gasteiger partial charge is 0.368 e. The highest BCUT2D eigenvalue weighted by molar-refractivity contribution is 5.79. The summed E-state index contributed by atoms with van der Waals surface area (Å²) >= 11 is 0. The van der Waals surface area contributed by atoms with Crippen molar-refractivity contribution in [1.82, 2.24) is 15.1 Å². The molecule has 0 bridgehead atoms. The average molecular weight is 252 g/mol. The number of nitrogens with two attached hydrogens (primary N) is 1. The van der Waals surface area contributed by atoms with Gasteiger partial charge >= 0.3 is 0 Å². The summed E-state index contributed by atoms with van der Waals surface area (Å²) in [6.07, 6.45) is 0.662. The van der Waals surface area contributed by atoms with Gasteiger partial charge in [-0.3, -0.25) is 9.48 Å². The lowest BCUT2D eigenvalue weighted by atomic mass is 10.1. The van der Waals surface area contributed by atoms with Crippen molar-refractivity contribution in [2.24, 2.45) is 5.73 Å². The molecule has 5 nitrogen and oxygen atoms in total. The van der Waals surface area contributed by atoms with Gasteiger partial charge < -0.3 is 11.1 Å². The zero-order valence-electron chi connectivity index (χ0n) is 11.9. The van der Waals surface area contributed by atoms with Crippen molar-refractivity contribution in [2.45, 2.75) is 59.7 Å². The lowest BCUT2D eigenvalue weighted by Gasteiger charge is -2.18. The lowest BCUT2D eigenvalue weighted by Crippen LogP contribution is -2.45. The minimum atomic E-state index is -0.304. The summed E-state index contributed by atoms with van der Waals surface area (Å²) in [6.45, 7) is 10.8. The number of aromatic nitrogens is 2. The molecule has 1 aromatic heterocycles. The number of rotatable bonds is 6. The van der Waals surface area contributed by atoms with E-state index in [-0.39, 0.29) is 18.0 Å². The number of aryl methyl sites for hydroxylation is 2. The van der Waals surface area contributed by atoms with E-state index in [2.05, 4.69) is 17.3 Å². The van der Waals surface area contributed by atoms with Crippen molar-refractivity contribution < 1.29 is 4.79 Å². The SMILES string of the molecule is Cc1nn(CCC(NC(C)C)C(N)=O)c(C)c1C. The van der Waals surface area contributed by atoms with Crippen molar-refractivity contribution in [3.05, 3.63) is 17.0 Å². The molecule has 1 heterocycles. The molecule has 102 valence electrons. The third-order valence-electron chi connectivity index (χ3n) is 3.25. The van der Waals surface area contributed by atoms with Gasteiger partial charge in [-0.1, -0.05) is 13.8 Å². The van der Waals surface area contributed by atoms with Crippen LogP contribution in [0.3, 0.4) is 0 Å². The Morgan fingerprint density at radius 2 is 2.00 bits per heavy atom. The second-order valence-corrected chi connectivity index (χ2v) is 5.08. The monoisotopic (exact) mass is 252 g/mol. The number of hydrogen-bond donors (Lipinski definition) is 2. The molecule has 0 aliphatic rings. The average Bonchev–Trinajstić information content (AvgIpc) is 2.51. The Bertz CT molecular complexity index is 423. The smallest absolute Gasteiger partial charge is 0.234 e. The summed E-state index contributed by atoms with van der Waals surface area (Å²) in [5.74, 6) is -0.304.